The zero-order valence-electron chi connectivity index (χ0n) is 13.6. The van der Waals surface area contributed by atoms with Crippen LogP contribution < -0.4 is 0 Å². The molecule has 3 aromatic rings. The van der Waals surface area contributed by atoms with E-state index in [9.17, 15) is 4.79 Å². The Morgan fingerprint density at radius 1 is 1.30 bits per heavy atom. The molecule has 1 aliphatic carbocycles. The average molecular weight is 307 g/mol. The van der Waals surface area contributed by atoms with Crippen LogP contribution >= 0.6 is 0 Å². The first-order valence-electron chi connectivity index (χ1n) is 8.25. The summed E-state index contributed by atoms with van der Waals surface area (Å²) in [6, 6.07) is 8.25. The van der Waals surface area contributed by atoms with Gasteiger partial charge in [0, 0.05) is 54.1 Å². The Kier molecular flexibility index (Phi) is 3.33. The molecule has 0 fully saturated rings. The minimum atomic E-state index is 0.0370. The summed E-state index contributed by atoms with van der Waals surface area (Å²) >= 11 is 0. The smallest absolute Gasteiger partial charge is 0.170 e. The number of nitrogens with zero attached hydrogens (tertiary/aromatic N) is 3. The van der Waals surface area contributed by atoms with Crippen LogP contribution in [0.15, 0.2) is 36.7 Å². The predicted molar refractivity (Wildman–Crippen MR) is 90.6 cm³/mol. The largest absolute Gasteiger partial charge is 0.347 e. The minimum absolute atomic E-state index is 0.0370. The van der Waals surface area contributed by atoms with E-state index in [1.807, 2.05) is 25.3 Å². The summed E-state index contributed by atoms with van der Waals surface area (Å²) in [6.07, 6.45) is 6.75. The van der Waals surface area contributed by atoms with Crippen molar-refractivity contribution in [2.45, 2.75) is 32.7 Å². The zero-order chi connectivity index (χ0) is 16.0. The standard InChI is InChI=1S/C19H21N3O/c1-13-20-10-11-22(13)12-14-6-5-9-17-18(19(14)23)15-7-3-4-8-16(15)21(17)2/h3-4,7-8,10-11,14H,5-6,9,12H2,1-2H3. The van der Waals surface area contributed by atoms with Crippen molar-refractivity contribution in [1.29, 1.82) is 0 Å². The molecule has 1 aliphatic rings. The molecular formula is C19H21N3O. The molecule has 1 atom stereocenters. The van der Waals surface area contributed by atoms with Crippen molar-refractivity contribution in [3.8, 4) is 0 Å². The molecule has 0 aliphatic heterocycles. The van der Waals surface area contributed by atoms with Gasteiger partial charge in [0.05, 0.1) is 0 Å². The molecule has 2 aromatic heterocycles. The van der Waals surface area contributed by atoms with Crippen molar-refractivity contribution < 1.29 is 4.79 Å². The molecule has 4 rings (SSSR count). The van der Waals surface area contributed by atoms with Gasteiger partial charge in [-0.25, -0.2) is 4.98 Å². The number of ketones is 1. The lowest BCUT2D eigenvalue weighted by Crippen LogP contribution is -2.20. The van der Waals surface area contributed by atoms with Gasteiger partial charge in [0.1, 0.15) is 5.82 Å². The van der Waals surface area contributed by atoms with Crippen molar-refractivity contribution in [2.75, 3.05) is 0 Å². The van der Waals surface area contributed by atoms with Gasteiger partial charge in [0.25, 0.3) is 0 Å². The number of para-hydroxylation sites is 1. The van der Waals surface area contributed by atoms with Crippen molar-refractivity contribution in [1.82, 2.24) is 14.1 Å². The van der Waals surface area contributed by atoms with E-state index in [0.29, 0.717) is 5.78 Å². The van der Waals surface area contributed by atoms with Gasteiger partial charge in [-0.05, 0) is 32.3 Å². The third kappa shape index (κ3) is 2.21. The van der Waals surface area contributed by atoms with Gasteiger partial charge in [-0.1, -0.05) is 18.2 Å². The third-order valence-electron chi connectivity index (χ3n) is 5.15. The maximum atomic E-state index is 13.3. The summed E-state index contributed by atoms with van der Waals surface area (Å²) in [7, 11) is 2.08. The van der Waals surface area contributed by atoms with Crippen molar-refractivity contribution in [3.63, 3.8) is 0 Å². The Bertz CT molecular complexity index is 887. The number of aryl methyl sites for hydroxylation is 2. The number of Topliss-reactive ketones (excluding diaryl/α,β-unsaturated/α-hetero) is 1. The number of aromatic nitrogens is 3. The first-order chi connectivity index (χ1) is 11.2. The fourth-order valence-corrected chi connectivity index (χ4v) is 3.87. The van der Waals surface area contributed by atoms with E-state index in [1.165, 1.54) is 5.69 Å². The highest BCUT2D eigenvalue weighted by Crippen LogP contribution is 2.33. The van der Waals surface area contributed by atoms with Crippen LogP contribution in [0.5, 0.6) is 0 Å². The zero-order valence-corrected chi connectivity index (χ0v) is 13.6. The van der Waals surface area contributed by atoms with E-state index < -0.39 is 0 Å². The van der Waals surface area contributed by atoms with Crippen molar-refractivity contribution in [2.24, 2.45) is 13.0 Å². The van der Waals surface area contributed by atoms with E-state index >= 15 is 0 Å². The van der Waals surface area contributed by atoms with Crippen LogP contribution in [0, 0.1) is 12.8 Å². The molecule has 0 N–H and O–H groups in total. The number of fused-ring (bicyclic) bond motifs is 3. The SMILES string of the molecule is Cc1nccn1CC1CCCc2c(c3ccccc3n2C)C1=O. The maximum Gasteiger partial charge on any atom is 0.170 e. The van der Waals surface area contributed by atoms with Crippen LogP contribution in [0.25, 0.3) is 10.9 Å². The lowest BCUT2D eigenvalue weighted by molar-refractivity contribution is 0.0903. The molecule has 0 radical (unpaired) electrons. The maximum absolute atomic E-state index is 13.3. The van der Waals surface area contributed by atoms with Crippen LogP contribution in [-0.2, 0) is 20.0 Å². The monoisotopic (exact) mass is 307 g/mol. The summed E-state index contributed by atoms with van der Waals surface area (Å²) in [6.45, 7) is 2.72. The van der Waals surface area contributed by atoms with Gasteiger partial charge in [-0.2, -0.15) is 0 Å². The lowest BCUT2D eigenvalue weighted by atomic mass is 9.94. The first-order valence-corrected chi connectivity index (χ1v) is 8.25. The highest BCUT2D eigenvalue weighted by atomic mass is 16.1. The number of hydrogen-bond acceptors (Lipinski definition) is 2. The molecule has 1 aromatic carbocycles. The first kappa shape index (κ1) is 14.2. The fourth-order valence-electron chi connectivity index (χ4n) is 3.87. The molecule has 0 saturated carbocycles. The minimum Gasteiger partial charge on any atom is -0.347 e. The van der Waals surface area contributed by atoms with E-state index in [-0.39, 0.29) is 5.92 Å². The average Bonchev–Trinajstić information content (AvgIpc) is 3.02. The van der Waals surface area contributed by atoms with Gasteiger partial charge in [-0.15, -0.1) is 0 Å². The third-order valence-corrected chi connectivity index (χ3v) is 5.15. The molecular weight excluding hydrogens is 286 g/mol. The molecule has 1 unspecified atom stereocenters. The quantitative estimate of drug-likeness (QED) is 0.680. The predicted octanol–water partition coefficient (Wildman–Crippen LogP) is 3.52. The second-order valence-corrected chi connectivity index (χ2v) is 6.48. The van der Waals surface area contributed by atoms with Crippen molar-refractivity contribution >= 4 is 16.7 Å². The number of benzene rings is 1. The van der Waals surface area contributed by atoms with Crippen LogP contribution in [0.4, 0.5) is 0 Å². The number of hydrogen-bond donors (Lipinski definition) is 0. The highest BCUT2D eigenvalue weighted by molar-refractivity contribution is 6.10. The molecule has 118 valence electrons. The summed E-state index contributed by atoms with van der Waals surface area (Å²) in [4.78, 5) is 17.5. The summed E-state index contributed by atoms with van der Waals surface area (Å²) in [5.74, 6) is 1.30. The highest BCUT2D eigenvalue weighted by Gasteiger charge is 2.30. The lowest BCUT2D eigenvalue weighted by Gasteiger charge is -2.15. The van der Waals surface area contributed by atoms with Gasteiger partial charge < -0.3 is 9.13 Å². The molecule has 0 bridgehead atoms. The normalized spacial score (nSPS) is 18.2. The number of rotatable bonds is 2. The summed E-state index contributed by atoms with van der Waals surface area (Å²) in [5, 5.41) is 1.10. The van der Waals surface area contributed by atoms with Gasteiger partial charge >= 0.3 is 0 Å². The van der Waals surface area contributed by atoms with E-state index in [0.717, 1.165) is 48.1 Å². The number of imidazole rings is 1. The van der Waals surface area contributed by atoms with Crippen molar-refractivity contribution in [3.05, 3.63) is 53.7 Å². The summed E-state index contributed by atoms with van der Waals surface area (Å²) in [5.41, 5.74) is 3.30. The molecule has 4 heteroatoms. The Labute approximate surface area is 135 Å². The Morgan fingerprint density at radius 2 is 2.13 bits per heavy atom. The number of carbonyl (C=O) groups is 1. The number of carbonyl (C=O) groups excluding carboxylic acids is 1. The van der Waals surface area contributed by atoms with E-state index in [1.54, 1.807) is 6.20 Å². The Hall–Kier alpha value is -2.36. The van der Waals surface area contributed by atoms with Crippen LogP contribution in [0.3, 0.4) is 0 Å². The molecule has 23 heavy (non-hydrogen) atoms. The van der Waals surface area contributed by atoms with Gasteiger partial charge in [0.15, 0.2) is 5.78 Å². The second-order valence-electron chi connectivity index (χ2n) is 6.48. The van der Waals surface area contributed by atoms with Crippen LogP contribution in [0.2, 0.25) is 0 Å². The van der Waals surface area contributed by atoms with E-state index in [2.05, 4.69) is 33.3 Å². The van der Waals surface area contributed by atoms with E-state index in [4.69, 9.17) is 0 Å². The molecule has 0 spiro atoms. The topological polar surface area (TPSA) is 39.8 Å². The Morgan fingerprint density at radius 3 is 2.91 bits per heavy atom. The molecule has 4 nitrogen and oxygen atoms in total. The van der Waals surface area contributed by atoms with Gasteiger partial charge in [0.2, 0.25) is 0 Å². The summed E-state index contributed by atoms with van der Waals surface area (Å²) < 4.78 is 4.30. The second kappa shape index (κ2) is 5.37. The van der Waals surface area contributed by atoms with Gasteiger partial charge in [-0.3, -0.25) is 4.79 Å². The fraction of sp³-hybridized carbons (Fsp3) is 0.368. The molecule has 0 saturated heterocycles. The van der Waals surface area contributed by atoms with Crippen LogP contribution in [-0.4, -0.2) is 19.9 Å². The Balaban J connectivity index is 1.79. The molecule has 0 amide bonds. The molecule has 2 heterocycles. The van der Waals surface area contributed by atoms with Crippen LogP contribution in [0.1, 0.15) is 34.7 Å².